The van der Waals surface area contributed by atoms with Gasteiger partial charge in [0, 0.05) is 0 Å². The molecule has 7 nitrogen and oxygen atoms in total. The lowest BCUT2D eigenvalue weighted by Gasteiger charge is -2.35. The molecule has 1 aromatic carbocycles. The van der Waals surface area contributed by atoms with E-state index in [-0.39, 0.29) is 25.6 Å². The minimum atomic E-state index is -0.977. The molecule has 150 valence electrons. The SMILES string of the molecule is CC(C)(C)OC(=O)N1C(Cc2cc(F)c3c(c2)OCO3)[C@@H](CO)OC1(C)C. The van der Waals surface area contributed by atoms with Crippen LogP contribution in [0.3, 0.4) is 0 Å². The summed E-state index contributed by atoms with van der Waals surface area (Å²) in [4.78, 5) is 14.3. The number of nitrogens with zero attached hydrogens (tertiary/aromatic N) is 1. The minimum Gasteiger partial charge on any atom is -0.453 e. The van der Waals surface area contributed by atoms with Crippen LogP contribution in [-0.4, -0.2) is 53.0 Å². The number of hydrogen-bond donors (Lipinski definition) is 1. The van der Waals surface area contributed by atoms with Crippen molar-refractivity contribution in [2.24, 2.45) is 0 Å². The third-order valence-electron chi connectivity index (χ3n) is 4.48. The van der Waals surface area contributed by atoms with E-state index in [1.165, 1.54) is 11.0 Å². The largest absolute Gasteiger partial charge is 0.453 e. The standard InChI is InChI=1S/C19H26FNO6/c1-18(2,3)27-17(23)21-13(15(9-22)26-19(21,4)5)7-11-6-12(20)16-14(8-11)24-10-25-16/h6,8,13,15,22H,7,9-10H2,1-5H3/t13?,15-/m1/s1. The fourth-order valence-corrected chi connectivity index (χ4v) is 3.50. The molecule has 1 amide bonds. The first-order valence-electron chi connectivity index (χ1n) is 8.91. The van der Waals surface area contributed by atoms with E-state index in [2.05, 4.69) is 0 Å². The minimum absolute atomic E-state index is 0.0292. The third-order valence-corrected chi connectivity index (χ3v) is 4.48. The summed E-state index contributed by atoms with van der Waals surface area (Å²) in [7, 11) is 0. The van der Waals surface area contributed by atoms with Crippen LogP contribution in [0.15, 0.2) is 12.1 Å². The van der Waals surface area contributed by atoms with Crippen molar-refractivity contribution in [1.29, 1.82) is 0 Å². The van der Waals surface area contributed by atoms with Crippen LogP contribution in [0.5, 0.6) is 11.5 Å². The monoisotopic (exact) mass is 383 g/mol. The summed E-state index contributed by atoms with van der Waals surface area (Å²) in [5.41, 5.74) is -1.05. The number of benzene rings is 1. The second-order valence-electron chi connectivity index (χ2n) is 8.22. The molecule has 0 bridgehead atoms. The number of halogens is 1. The Morgan fingerprint density at radius 3 is 2.70 bits per heavy atom. The highest BCUT2D eigenvalue weighted by molar-refractivity contribution is 5.70. The fourth-order valence-electron chi connectivity index (χ4n) is 3.50. The zero-order valence-electron chi connectivity index (χ0n) is 16.2. The van der Waals surface area contributed by atoms with Crippen molar-refractivity contribution in [3.63, 3.8) is 0 Å². The van der Waals surface area contributed by atoms with Gasteiger partial charge in [-0.25, -0.2) is 9.18 Å². The van der Waals surface area contributed by atoms with Gasteiger partial charge in [0.1, 0.15) is 17.4 Å². The molecule has 1 unspecified atom stereocenters. The number of hydrogen-bond acceptors (Lipinski definition) is 6. The van der Waals surface area contributed by atoms with Crippen LogP contribution in [0.4, 0.5) is 9.18 Å². The molecular formula is C19H26FNO6. The second kappa shape index (κ2) is 6.83. The number of aliphatic hydroxyl groups is 1. The molecule has 1 N–H and O–H groups in total. The molecule has 2 atom stereocenters. The number of fused-ring (bicyclic) bond motifs is 1. The van der Waals surface area contributed by atoms with Crippen molar-refractivity contribution in [2.75, 3.05) is 13.4 Å². The summed E-state index contributed by atoms with van der Waals surface area (Å²) in [6.45, 7) is 8.50. The van der Waals surface area contributed by atoms with E-state index in [0.717, 1.165) is 0 Å². The first kappa shape index (κ1) is 19.7. The predicted molar refractivity (Wildman–Crippen MR) is 94.1 cm³/mol. The van der Waals surface area contributed by atoms with Gasteiger partial charge in [-0.05, 0) is 58.7 Å². The first-order valence-corrected chi connectivity index (χ1v) is 8.91. The summed E-state index contributed by atoms with van der Waals surface area (Å²) >= 11 is 0. The van der Waals surface area contributed by atoms with Gasteiger partial charge in [0.2, 0.25) is 12.5 Å². The van der Waals surface area contributed by atoms with E-state index in [4.69, 9.17) is 18.9 Å². The third kappa shape index (κ3) is 3.96. The maximum atomic E-state index is 14.2. The molecule has 1 aromatic rings. The number of amides is 1. The summed E-state index contributed by atoms with van der Waals surface area (Å²) < 4.78 is 36.0. The van der Waals surface area contributed by atoms with Crippen molar-refractivity contribution in [2.45, 2.75) is 64.5 Å². The molecule has 2 aliphatic rings. The van der Waals surface area contributed by atoms with Gasteiger partial charge in [0.25, 0.3) is 0 Å². The van der Waals surface area contributed by atoms with E-state index >= 15 is 0 Å². The summed E-state index contributed by atoms with van der Waals surface area (Å²) in [5.74, 6) is -0.112. The average Bonchev–Trinajstić information content (AvgIpc) is 3.07. The van der Waals surface area contributed by atoms with Crippen LogP contribution in [0.25, 0.3) is 0 Å². The predicted octanol–water partition coefficient (Wildman–Crippen LogP) is 2.83. The quantitative estimate of drug-likeness (QED) is 0.865. The highest BCUT2D eigenvalue weighted by atomic mass is 19.1. The van der Waals surface area contributed by atoms with Crippen LogP contribution in [0.2, 0.25) is 0 Å². The Balaban J connectivity index is 1.90. The topological polar surface area (TPSA) is 77.5 Å². The van der Waals surface area contributed by atoms with Gasteiger partial charge in [-0.1, -0.05) is 0 Å². The van der Waals surface area contributed by atoms with E-state index in [9.17, 15) is 14.3 Å². The molecule has 0 aliphatic carbocycles. The Morgan fingerprint density at radius 2 is 2.07 bits per heavy atom. The molecular weight excluding hydrogens is 357 g/mol. The number of rotatable bonds is 3. The first-order chi connectivity index (χ1) is 12.5. The van der Waals surface area contributed by atoms with E-state index in [0.29, 0.717) is 11.3 Å². The number of aliphatic hydroxyl groups excluding tert-OH is 1. The molecule has 2 aliphatic heterocycles. The van der Waals surface area contributed by atoms with E-state index in [1.54, 1.807) is 40.7 Å². The maximum absolute atomic E-state index is 14.2. The van der Waals surface area contributed by atoms with Crippen molar-refractivity contribution in [3.8, 4) is 11.5 Å². The van der Waals surface area contributed by atoms with Crippen LogP contribution < -0.4 is 9.47 Å². The van der Waals surface area contributed by atoms with Gasteiger partial charge in [-0.3, -0.25) is 4.90 Å². The highest BCUT2D eigenvalue weighted by Crippen LogP contribution is 2.39. The van der Waals surface area contributed by atoms with Crippen LogP contribution in [0.1, 0.15) is 40.2 Å². The molecule has 27 heavy (non-hydrogen) atoms. The van der Waals surface area contributed by atoms with E-state index < -0.39 is 35.4 Å². The lowest BCUT2D eigenvalue weighted by atomic mass is 10.00. The molecule has 2 heterocycles. The normalized spacial score (nSPS) is 23.6. The molecule has 0 spiro atoms. The second-order valence-corrected chi connectivity index (χ2v) is 8.22. The van der Waals surface area contributed by atoms with E-state index in [1.807, 2.05) is 0 Å². The lowest BCUT2D eigenvalue weighted by Crippen LogP contribution is -2.51. The molecule has 1 fully saturated rings. The molecule has 0 aromatic heterocycles. The smallest absolute Gasteiger partial charge is 0.412 e. The number of carbonyl (C=O) groups is 1. The Hall–Kier alpha value is -2.06. The molecule has 3 rings (SSSR count). The van der Waals surface area contributed by atoms with Gasteiger partial charge in [-0.15, -0.1) is 0 Å². The molecule has 0 saturated carbocycles. The Morgan fingerprint density at radius 1 is 1.37 bits per heavy atom. The van der Waals surface area contributed by atoms with Crippen LogP contribution >= 0.6 is 0 Å². The Kier molecular flexibility index (Phi) is 4.98. The van der Waals surface area contributed by atoms with Crippen molar-refractivity contribution >= 4 is 6.09 Å². The van der Waals surface area contributed by atoms with Crippen LogP contribution in [0, 0.1) is 5.82 Å². The van der Waals surface area contributed by atoms with Crippen molar-refractivity contribution < 1.29 is 33.2 Å². The molecule has 1 saturated heterocycles. The summed E-state index contributed by atoms with van der Waals surface area (Å²) in [6, 6.07) is 2.50. The van der Waals surface area contributed by atoms with Crippen molar-refractivity contribution in [1.82, 2.24) is 4.90 Å². The lowest BCUT2D eigenvalue weighted by molar-refractivity contribution is -0.0866. The van der Waals surface area contributed by atoms with Crippen LogP contribution in [-0.2, 0) is 15.9 Å². The number of carbonyl (C=O) groups excluding carboxylic acids is 1. The van der Waals surface area contributed by atoms with Gasteiger partial charge >= 0.3 is 6.09 Å². The molecule has 8 heteroatoms. The van der Waals surface area contributed by atoms with Crippen molar-refractivity contribution in [3.05, 3.63) is 23.5 Å². The maximum Gasteiger partial charge on any atom is 0.412 e. The van der Waals surface area contributed by atoms with Gasteiger partial charge in [0.05, 0.1) is 12.6 Å². The van der Waals surface area contributed by atoms with Gasteiger partial charge in [0.15, 0.2) is 11.6 Å². The fraction of sp³-hybridized carbons (Fsp3) is 0.632. The number of ether oxygens (including phenoxy) is 4. The Labute approximate surface area is 157 Å². The zero-order valence-corrected chi connectivity index (χ0v) is 16.2. The van der Waals surface area contributed by atoms with Gasteiger partial charge < -0.3 is 24.1 Å². The average molecular weight is 383 g/mol. The van der Waals surface area contributed by atoms with Gasteiger partial charge in [-0.2, -0.15) is 0 Å². The molecule has 0 radical (unpaired) electrons. The Bertz CT molecular complexity index is 730. The summed E-state index contributed by atoms with van der Waals surface area (Å²) in [5, 5.41) is 9.77. The zero-order chi connectivity index (χ0) is 20.0. The highest BCUT2D eigenvalue weighted by Gasteiger charge is 2.51. The summed E-state index contributed by atoms with van der Waals surface area (Å²) in [6.07, 6.45) is -0.905.